The van der Waals surface area contributed by atoms with Crippen molar-refractivity contribution in [2.75, 3.05) is 6.54 Å². The van der Waals surface area contributed by atoms with Gasteiger partial charge in [-0.05, 0) is 37.6 Å². The molecule has 4 nitrogen and oxygen atoms in total. The number of benzene rings is 1. The molecule has 0 saturated heterocycles. The molecule has 2 aromatic rings. The van der Waals surface area contributed by atoms with Crippen LogP contribution in [0.1, 0.15) is 12.8 Å². The fourth-order valence-corrected chi connectivity index (χ4v) is 2.24. The lowest BCUT2D eigenvalue weighted by Crippen LogP contribution is -2.06. The number of hydrogen-bond donors (Lipinski definition) is 1. The number of rotatable bonds is 5. The molecule has 0 fully saturated rings. The molecule has 18 heavy (non-hydrogen) atoms. The highest BCUT2D eigenvalue weighted by Crippen LogP contribution is 2.29. The average molecular weight is 285 g/mol. The molecule has 0 unspecified atom stereocenters. The van der Waals surface area contributed by atoms with E-state index in [9.17, 15) is 0 Å². The Morgan fingerprint density at radius 3 is 2.78 bits per heavy atom. The minimum atomic E-state index is 0.602. The van der Waals surface area contributed by atoms with Crippen molar-refractivity contribution in [2.24, 2.45) is 5.73 Å². The van der Waals surface area contributed by atoms with E-state index in [0.29, 0.717) is 16.6 Å². The van der Waals surface area contributed by atoms with Crippen molar-refractivity contribution in [3.8, 4) is 11.3 Å². The number of aromatic nitrogens is 3. The second kappa shape index (κ2) is 6.18. The highest BCUT2D eigenvalue weighted by atomic mass is 35.5. The van der Waals surface area contributed by atoms with Gasteiger partial charge in [0.15, 0.2) is 0 Å². The molecule has 1 heterocycles. The molecule has 1 aromatic heterocycles. The third-order valence-electron chi connectivity index (χ3n) is 2.65. The Balaban J connectivity index is 2.25. The first kappa shape index (κ1) is 13.3. The van der Waals surface area contributed by atoms with E-state index in [1.165, 1.54) is 0 Å². The predicted molar refractivity (Wildman–Crippen MR) is 73.8 cm³/mol. The van der Waals surface area contributed by atoms with E-state index >= 15 is 0 Å². The van der Waals surface area contributed by atoms with Crippen molar-refractivity contribution >= 4 is 23.2 Å². The average Bonchev–Trinajstić information content (AvgIpc) is 2.78. The first-order chi connectivity index (χ1) is 8.72. The molecule has 0 aliphatic rings. The molecule has 2 N–H and O–H groups in total. The molecule has 6 heteroatoms. The van der Waals surface area contributed by atoms with Crippen LogP contribution in [0.4, 0.5) is 0 Å². The Morgan fingerprint density at radius 2 is 2.06 bits per heavy atom. The Labute approximate surface area is 116 Å². The van der Waals surface area contributed by atoms with E-state index in [2.05, 4.69) is 10.3 Å². The maximum absolute atomic E-state index is 6.18. The maximum atomic E-state index is 6.18. The normalized spacial score (nSPS) is 10.8. The van der Waals surface area contributed by atoms with Gasteiger partial charge in [0, 0.05) is 17.1 Å². The van der Waals surface area contributed by atoms with Crippen LogP contribution in [0.15, 0.2) is 24.4 Å². The van der Waals surface area contributed by atoms with Crippen LogP contribution in [-0.4, -0.2) is 21.5 Å². The third-order valence-corrected chi connectivity index (χ3v) is 3.20. The standard InChI is InChI=1S/C12H14Cl2N4/c13-9-3-4-10(11(14)7-9)12-8-16-17-18(12)6-2-1-5-15/h3-4,7-8H,1-2,5-6,15H2. The summed E-state index contributed by atoms with van der Waals surface area (Å²) in [5, 5.41) is 9.21. The first-order valence-electron chi connectivity index (χ1n) is 5.76. The van der Waals surface area contributed by atoms with Crippen LogP contribution in [0.5, 0.6) is 0 Å². The van der Waals surface area contributed by atoms with Crippen LogP contribution in [0.25, 0.3) is 11.3 Å². The zero-order valence-electron chi connectivity index (χ0n) is 9.81. The van der Waals surface area contributed by atoms with Crippen molar-refractivity contribution < 1.29 is 0 Å². The van der Waals surface area contributed by atoms with Gasteiger partial charge >= 0.3 is 0 Å². The first-order valence-corrected chi connectivity index (χ1v) is 6.52. The molecule has 0 amide bonds. The summed E-state index contributed by atoms with van der Waals surface area (Å²) in [5.41, 5.74) is 7.26. The second-order valence-electron chi connectivity index (χ2n) is 3.96. The minimum Gasteiger partial charge on any atom is -0.330 e. The SMILES string of the molecule is NCCCCn1nncc1-c1ccc(Cl)cc1Cl. The molecule has 0 aliphatic heterocycles. The fourth-order valence-electron chi connectivity index (χ4n) is 1.73. The molecule has 0 aliphatic carbocycles. The summed E-state index contributed by atoms with van der Waals surface area (Å²) in [6.07, 6.45) is 3.64. The molecule has 0 bridgehead atoms. The van der Waals surface area contributed by atoms with Crippen molar-refractivity contribution in [1.29, 1.82) is 0 Å². The molecule has 0 spiro atoms. The van der Waals surface area contributed by atoms with Gasteiger partial charge < -0.3 is 5.73 Å². The van der Waals surface area contributed by atoms with Crippen molar-refractivity contribution in [1.82, 2.24) is 15.0 Å². The van der Waals surface area contributed by atoms with Gasteiger partial charge in [0.25, 0.3) is 0 Å². The quantitative estimate of drug-likeness (QED) is 0.859. The summed E-state index contributed by atoms with van der Waals surface area (Å²) < 4.78 is 1.84. The Bertz CT molecular complexity index is 525. The van der Waals surface area contributed by atoms with Crippen molar-refractivity contribution in [3.05, 3.63) is 34.4 Å². The molecule has 0 saturated carbocycles. The van der Waals surface area contributed by atoms with Crippen LogP contribution < -0.4 is 5.73 Å². The maximum Gasteiger partial charge on any atom is 0.0900 e. The molecular formula is C12H14Cl2N4. The molecule has 96 valence electrons. The third kappa shape index (κ3) is 3.02. The summed E-state index contributed by atoms with van der Waals surface area (Å²) in [7, 11) is 0. The van der Waals surface area contributed by atoms with Crippen LogP contribution in [0.2, 0.25) is 10.0 Å². The van der Waals surface area contributed by atoms with Crippen LogP contribution >= 0.6 is 23.2 Å². The van der Waals surface area contributed by atoms with Gasteiger partial charge in [-0.3, -0.25) is 0 Å². The van der Waals surface area contributed by atoms with Crippen molar-refractivity contribution in [2.45, 2.75) is 19.4 Å². The zero-order valence-corrected chi connectivity index (χ0v) is 11.3. The summed E-state index contributed by atoms with van der Waals surface area (Å²) in [4.78, 5) is 0. The summed E-state index contributed by atoms with van der Waals surface area (Å²) >= 11 is 12.1. The van der Waals surface area contributed by atoms with Gasteiger partial charge in [-0.15, -0.1) is 5.10 Å². The Kier molecular flexibility index (Phi) is 4.58. The van der Waals surface area contributed by atoms with E-state index in [0.717, 1.165) is 30.6 Å². The van der Waals surface area contributed by atoms with Crippen LogP contribution in [0, 0.1) is 0 Å². The number of nitrogens with two attached hydrogens (primary N) is 1. The van der Waals surface area contributed by atoms with Gasteiger partial charge in [-0.2, -0.15) is 0 Å². The number of halogens is 2. The Hall–Kier alpha value is -1.10. The summed E-state index contributed by atoms with van der Waals surface area (Å²) in [6, 6.07) is 5.40. The van der Waals surface area contributed by atoms with E-state index in [1.807, 2.05) is 10.7 Å². The number of aryl methyl sites for hydroxylation is 1. The highest BCUT2D eigenvalue weighted by Gasteiger charge is 2.10. The lowest BCUT2D eigenvalue weighted by molar-refractivity contribution is 0.549. The van der Waals surface area contributed by atoms with E-state index in [1.54, 1.807) is 18.3 Å². The smallest absolute Gasteiger partial charge is 0.0900 e. The monoisotopic (exact) mass is 284 g/mol. The van der Waals surface area contributed by atoms with Crippen LogP contribution in [0.3, 0.4) is 0 Å². The van der Waals surface area contributed by atoms with Gasteiger partial charge in [0.05, 0.1) is 16.9 Å². The van der Waals surface area contributed by atoms with E-state index < -0.39 is 0 Å². The van der Waals surface area contributed by atoms with Gasteiger partial charge in [0.1, 0.15) is 0 Å². The lowest BCUT2D eigenvalue weighted by Gasteiger charge is -2.07. The molecule has 0 atom stereocenters. The summed E-state index contributed by atoms with van der Waals surface area (Å²) in [6.45, 7) is 1.47. The fraction of sp³-hybridized carbons (Fsp3) is 0.333. The van der Waals surface area contributed by atoms with Gasteiger partial charge in [0.2, 0.25) is 0 Å². The second-order valence-corrected chi connectivity index (χ2v) is 4.81. The number of unbranched alkanes of at least 4 members (excludes halogenated alkanes) is 1. The predicted octanol–water partition coefficient (Wildman–Crippen LogP) is 2.99. The zero-order chi connectivity index (χ0) is 13.0. The van der Waals surface area contributed by atoms with Gasteiger partial charge in [-0.25, -0.2) is 4.68 Å². The number of nitrogens with zero attached hydrogens (tertiary/aromatic N) is 3. The molecule has 0 radical (unpaired) electrons. The van der Waals surface area contributed by atoms with Crippen molar-refractivity contribution in [3.63, 3.8) is 0 Å². The number of hydrogen-bond acceptors (Lipinski definition) is 3. The van der Waals surface area contributed by atoms with Gasteiger partial charge in [-0.1, -0.05) is 28.4 Å². The van der Waals surface area contributed by atoms with E-state index in [-0.39, 0.29) is 0 Å². The molecule has 2 rings (SSSR count). The summed E-state index contributed by atoms with van der Waals surface area (Å²) in [5.74, 6) is 0. The largest absolute Gasteiger partial charge is 0.330 e. The van der Waals surface area contributed by atoms with Crippen LogP contribution in [-0.2, 0) is 6.54 Å². The molecule has 1 aromatic carbocycles. The topological polar surface area (TPSA) is 56.7 Å². The highest BCUT2D eigenvalue weighted by molar-refractivity contribution is 6.36. The molecular weight excluding hydrogens is 271 g/mol. The lowest BCUT2D eigenvalue weighted by atomic mass is 10.1. The van der Waals surface area contributed by atoms with E-state index in [4.69, 9.17) is 28.9 Å². The Morgan fingerprint density at radius 1 is 1.22 bits per heavy atom. The minimum absolute atomic E-state index is 0.602.